The lowest BCUT2D eigenvalue weighted by Gasteiger charge is -2.48. The van der Waals surface area contributed by atoms with Gasteiger partial charge < -0.3 is 25.3 Å². The molecule has 3 N–H and O–H groups in total. The van der Waals surface area contributed by atoms with E-state index >= 15 is 0 Å². The number of nitrogens with one attached hydrogen (secondary N) is 2. The molecule has 0 aliphatic carbocycles. The third-order valence-electron chi connectivity index (χ3n) is 6.86. The maximum atomic E-state index is 13.5. The Morgan fingerprint density at radius 1 is 1.12 bits per heavy atom. The molecular formula is C30H23Br2N5O9S2. The van der Waals surface area contributed by atoms with Gasteiger partial charge >= 0.3 is 11.9 Å². The van der Waals surface area contributed by atoms with Crippen LogP contribution in [-0.2, 0) is 44.3 Å². The number of carbonyl (C=O) groups excluding carboxylic acids is 4. The number of benzene rings is 2. The number of halogens is 2. The number of anilines is 1. The molecule has 0 bridgehead atoms. The van der Waals surface area contributed by atoms with Crippen LogP contribution in [0.5, 0.6) is 0 Å². The number of aromatic nitrogens is 1. The average Bonchev–Trinajstić information content (AvgIpc) is 3.52. The van der Waals surface area contributed by atoms with Crippen LogP contribution in [0, 0.1) is 0 Å². The van der Waals surface area contributed by atoms with Crippen LogP contribution >= 0.6 is 43.2 Å². The van der Waals surface area contributed by atoms with E-state index in [-0.39, 0.29) is 27.8 Å². The zero-order chi connectivity index (χ0) is 34.4. The maximum absolute atomic E-state index is 13.5. The largest absolute Gasteiger partial charge is 0.477 e. The average molecular weight is 821 g/mol. The van der Waals surface area contributed by atoms with Crippen LogP contribution in [0.3, 0.4) is 0 Å². The molecule has 14 nitrogen and oxygen atoms in total. The number of oxime groups is 1. The van der Waals surface area contributed by atoms with E-state index < -0.39 is 64.4 Å². The molecule has 3 heterocycles. The Labute approximate surface area is 295 Å². The van der Waals surface area contributed by atoms with Crippen LogP contribution in [0.15, 0.2) is 91.9 Å². The minimum absolute atomic E-state index is 0.0734. The van der Waals surface area contributed by atoms with Gasteiger partial charge in [-0.1, -0.05) is 65.8 Å². The number of ether oxygens (including phenoxy) is 1. The first-order chi connectivity index (χ1) is 23.1. The van der Waals surface area contributed by atoms with Crippen LogP contribution in [0.2, 0.25) is 0 Å². The first kappa shape index (κ1) is 34.8. The van der Waals surface area contributed by atoms with Crippen LogP contribution in [-0.4, -0.2) is 78.8 Å². The number of hydrogen-bond donors (Lipinski definition) is 3. The molecule has 5 rings (SSSR count). The molecule has 0 saturated carbocycles. The summed E-state index contributed by atoms with van der Waals surface area (Å²) in [5.41, 5.74) is 0.643. The minimum Gasteiger partial charge on any atom is -0.477 e. The Balaban J connectivity index is 1.34. The quantitative estimate of drug-likeness (QED) is 0.0759. The van der Waals surface area contributed by atoms with E-state index in [4.69, 9.17) is 9.57 Å². The number of carboxylic acids is 1. The van der Waals surface area contributed by atoms with Gasteiger partial charge in [0.15, 0.2) is 16.9 Å². The number of nitrogens with zero attached hydrogens (tertiary/aromatic N) is 3. The van der Waals surface area contributed by atoms with Gasteiger partial charge in [0.05, 0.1) is 19.9 Å². The Bertz CT molecular complexity index is 1820. The second kappa shape index (κ2) is 15.6. The second-order valence-electron chi connectivity index (χ2n) is 9.89. The number of esters is 1. The van der Waals surface area contributed by atoms with Crippen LogP contribution < -0.4 is 10.6 Å². The van der Waals surface area contributed by atoms with E-state index in [1.165, 1.54) is 11.5 Å². The van der Waals surface area contributed by atoms with E-state index in [0.29, 0.717) is 20.9 Å². The highest BCUT2D eigenvalue weighted by Crippen LogP contribution is 2.36. The number of thiazole rings is 1. The van der Waals surface area contributed by atoms with Crippen molar-refractivity contribution >= 4 is 95.0 Å². The monoisotopic (exact) mass is 819 g/mol. The fraction of sp³-hybridized carbons (Fsp3) is 0.167. The summed E-state index contributed by atoms with van der Waals surface area (Å²) < 4.78 is 19.2. The molecular weight excluding hydrogens is 798 g/mol. The minimum atomic E-state index is -1.80. The highest BCUT2D eigenvalue weighted by Gasteiger charge is 2.57. The molecule has 2 aromatic carbocycles. The van der Waals surface area contributed by atoms with Gasteiger partial charge in [-0.25, -0.2) is 14.6 Å². The van der Waals surface area contributed by atoms with Gasteiger partial charge in [-0.2, -0.15) is 0 Å². The number of carbonyl (C=O) groups is 5. The fourth-order valence-corrected chi connectivity index (χ4v) is 7.70. The fourth-order valence-electron chi connectivity index (χ4n) is 4.86. The first-order valence-corrected chi connectivity index (χ1v) is 17.6. The van der Waals surface area contributed by atoms with Crippen LogP contribution in [0.1, 0.15) is 22.9 Å². The van der Waals surface area contributed by atoms with Gasteiger partial charge in [-0.15, -0.1) is 11.3 Å². The van der Waals surface area contributed by atoms with E-state index in [0.717, 1.165) is 16.2 Å². The molecule has 1 saturated heterocycles. The molecule has 2 unspecified atom stereocenters. The number of β-lactam (4-membered cyclic amide) rings is 1. The van der Waals surface area contributed by atoms with Gasteiger partial charge in [-0.05, 0) is 54.6 Å². The number of carboxylic acid groups (broad SMARTS) is 1. The highest BCUT2D eigenvalue weighted by molar-refractivity contribution is 9.28. The summed E-state index contributed by atoms with van der Waals surface area (Å²) in [6.45, 7) is -0.717. The normalized spacial score (nSPS) is 18.7. The van der Waals surface area contributed by atoms with E-state index in [1.54, 1.807) is 48.5 Å². The molecule has 18 heteroatoms. The van der Waals surface area contributed by atoms with Crippen molar-refractivity contribution < 1.29 is 42.9 Å². The zero-order valence-corrected chi connectivity index (χ0v) is 29.1. The second-order valence-corrected chi connectivity index (χ2v) is 15.1. The van der Waals surface area contributed by atoms with Crippen molar-refractivity contribution in [2.75, 3.05) is 17.7 Å². The third-order valence-corrected chi connectivity index (χ3v) is 9.71. The zero-order valence-electron chi connectivity index (χ0n) is 24.3. The van der Waals surface area contributed by atoms with Crippen molar-refractivity contribution in [2.24, 2.45) is 5.16 Å². The van der Waals surface area contributed by atoms with Crippen molar-refractivity contribution in [2.45, 2.75) is 17.5 Å². The van der Waals surface area contributed by atoms with E-state index in [2.05, 4.69) is 52.6 Å². The van der Waals surface area contributed by atoms with E-state index in [9.17, 15) is 33.3 Å². The number of allylic oxidation sites excluding steroid dienone is 1. The lowest BCUT2D eigenvalue weighted by Crippen LogP contribution is -2.74. The van der Waals surface area contributed by atoms with Gasteiger partial charge in [0.1, 0.15) is 22.8 Å². The number of hydrogen-bond acceptors (Lipinski definition) is 11. The number of fused-ring (bicyclic) bond motifs is 1. The standard InChI is InChI=1S/C30H23Br2N5O9S2/c31-20(32)11-18-14-48(44)28-23(27(41)37(28)24(18)29(42)43)35-26(40)22(19-13-47-30(34-19)33-15-38)36-45-12-21(39)46-25(16-7-3-1-4-8-16)17-9-5-2-6-10-17/h1-11,13,15,23,25,28H,12,14H2,(H,35,40)(H,42,43)(H,33,34,38)/b36-22-/t23?,28-,48?/m0/s1. The molecule has 1 fully saturated rings. The molecule has 0 radical (unpaired) electrons. The molecule has 48 heavy (non-hydrogen) atoms. The molecule has 2 aliphatic heterocycles. The molecule has 0 spiro atoms. The van der Waals surface area contributed by atoms with Gasteiger partial charge in [0, 0.05) is 5.38 Å². The summed E-state index contributed by atoms with van der Waals surface area (Å²) in [7, 11) is -1.80. The van der Waals surface area contributed by atoms with Crippen molar-refractivity contribution in [1.29, 1.82) is 0 Å². The summed E-state index contributed by atoms with van der Waals surface area (Å²) in [6.07, 6.45) is 1.01. The smallest absolute Gasteiger partial charge is 0.352 e. The Hall–Kier alpha value is -4.52. The molecule has 2 aliphatic rings. The van der Waals surface area contributed by atoms with E-state index in [1.807, 2.05) is 12.1 Å². The predicted octanol–water partition coefficient (Wildman–Crippen LogP) is 3.15. The lowest BCUT2D eigenvalue weighted by molar-refractivity contribution is -0.153. The summed E-state index contributed by atoms with van der Waals surface area (Å²) in [5.74, 6) is -4.23. The molecule has 1 aromatic heterocycles. The lowest BCUT2D eigenvalue weighted by atomic mass is 10.0. The number of aliphatic carboxylic acids is 1. The first-order valence-electron chi connectivity index (χ1n) is 13.7. The topological polar surface area (TPSA) is 194 Å². The third kappa shape index (κ3) is 7.78. The summed E-state index contributed by atoms with van der Waals surface area (Å²) in [6, 6.07) is 16.7. The summed E-state index contributed by atoms with van der Waals surface area (Å²) >= 11 is 7.24. The highest BCUT2D eigenvalue weighted by atomic mass is 79.9. The predicted molar refractivity (Wildman–Crippen MR) is 181 cm³/mol. The van der Waals surface area contributed by atoms with Gasteiger partial charge in [-0.3, -0.25) is 23.5 Å². The Morgan fingerprint density at radius 2 is 1.77 bits per heavy atom. The molecule has 3 aromatic rings. The number of amides is 3. The maximum Gasteiger partial charge on any atom is 0.352 e. The SMILES string of the molecule is O=CNc1nc(/C(=N/OCC(=O)OC(c2ccccc2)c2ccccc2)C(=O)NC2C(=O)N3C(C(=O)O)=C(C=C(Br)Br)CS(=O)[C@@H]23)cs1. The summed E-state index contributed by atoms with van der Waals surface area (Å²) in [4.78, 5) is 72.8. The number of rotatable bonds is 13. The molecule has 3 amide bonds. The molecule has 3 atom stereocenters. The molecule has 248 valence electrons. The van der Waals surface area contributed by atoms with Crippen molar-refractivity contribution in [3.05, 3.63) is 104 Å². The van der Waals surface area contributed by atoms with Gasteiger partial charge in [0.25, 0.3) is 11.8 Å². The van der Waals surface area contributed by atoms with Crippen molar-refractivity contribution in [1.82, 2.24) is 15.2 Å². The summed E-state index contributed by atoms with van der Waals surface area (Å²) in [5, 5.41) is 18.7. The van der Waals surface area contributed by atoms with Crippen molar-refractivity contribution in [3.8, 4) is 0 Å². The van der Waals surface area contributed by atoms with Gasteiger partial charge in [0.2, 0.25) is 13.0 Å². The van der Waals surface area contributed by atoms with Crippen LogP contribution in [0.25, 0.3) is 0 Å². The Kier molecular flexibility index (Phi) is 11.3. The Morgan fingerprint density at radius 3 is 2.35 bits per heavy atom. The van der Waals surface area contributed by atoms with Crippen molar-refractivity contribution in [3.63, 3.8) is 0 Å². The van der Waals surface area contributed by atoms with Crippen LogP contribution in [0.4, 0.5) is 5.13 Å².